The maximum Gasteiger partial charge on any atom is 0.290 e. The van der Waals surface area contributed by atoms with Crippen LogP contribution < -0.4 is 0 Å². The van der Waals surface area contributed by atoms with Crippen LogP contribution in [-0.4, -0.2) is 54.1 Å². The van der Waals surface area contributed by atoms with Gasteiger partial charge in [-0.15, -0.1) is 0 Å². The van der Waals surface area contributed by atoms with Crippen molar-refractivity contribution in [2.24, 2.45) is 0 Å². The lowest BCUT2D eigenvalue weighted by atomic mass is 10.1. The molecule has 1 aromatic heterocycles. The third-order valence-electron chi connectivity index (χ3n) is 3.82. The number of carbonyl (C=O) groups is 1. The van der Waals surface area contributed by atoms with E-state index in [-0.39, 0.29) is 5.91 Å². The van der Waals surface area contributed by atoms with E-state index < -0.39 is 6.10 Å². The van der Waals surface area contributed by atoms with Crippen molar-refractivity contribution >= 4 is 16.9 Å². The molecule has 1 fully saturated rings. The molecule has 0 bridgehead atoms. The van der Waals surface area contributed by atoms with Crippen LogP contribution in [0.5, 0.6) is 0 Å². The number of furan rings is 1. The van der Waals surface area contributed by atoms with E-state index in [9.17, 15) is 9.90 Å². The van der Waals surface area contributed by atoms with Crippen molar-refractivity contribution in [3.05, 3.63) is 35.6 Å². The van der Waals surface area contributed by atoms with Crippen LogP contribution in [0.1, 0.15) is 22.5 Å². The third-order valence-corrected chi connectivity index (χ3v) is 3.82. The minimum Gasteiger partial charge on any atom is -0.451 e. The molecular formula is C16H20N2O3. The van der Waals surface area contributed by atoms with Gasteiger partial charge in [0.25, 0.3) is 5.91 Å². The summed E-state index contributed by atoms with van der Waals surface area (Å²) in [4.78, 5) is 16.4. The number of rotatable bonds is 3. The molecule has 1 aliphatic rings. The number of likely N-dealkylation sites (tertiary alicyclic amines) is 1. The molecule has 112 valence electrons. The summed E-state index contributed by atoms with van der Waals surface area (Å²) in [7, 11) is 3.94. The molecule has 1 saturated heterocycles. The summed E-state index contributed by atoms with van der Waals surface area (Å²) < 4.78 is 5.81. The van der Waals surface area contributed by atoms with Gasteiger partial charge in [0.15, 0.2) is 5.76 Å². The number of nitrogens with zero attached hydrogens (tertiary/aromatic N) is 2. The molecule has 1 atom stereocenters. The van der Waals surface area contributed by atoms with Gasteiger partial charge in [0.1, 0.15) is 5.58 Å². The first-order chi connectivity index (χ1) is 10.1. The van der Waals surface area contributed by atoms with Gasteiger partial charge < -0.3 is 19.3 Å². The van der Waals surface area contributed by atoms with Gasteiger partial charge in [-0.25, -0.2) is 0 Å². The van der Waals surface area contributed by atoms with E-state index in [0.29, 0.717) is 31.8 Å². The summed E-state index contributed by atoms with van der Waals surface area (Å²) >= 11 is 0. The Hall–Kier alpha value is -1.85. The zero-order valence-corrected chi connectivity index (χ0v) is 12.4. The molecule has 0 saturated carbocycles. The molecule has 2 heterocycles. The molecule has 1 aromatic carbocycles. The Morgan fingerprint density at radius 2 is 2.19 bits per heavy atom. The maximum atomic E-state index is 12.7. The predicted octanol–water partition coefficient (Wildman–Crippen LogP) is 1.70. The Morgan fingerprint density at radius 1 is 1.43 bits per heavy atom. The van der Waals surface area contributed by atoms with E-state index >= 15 is 0 Å². The largest absolute Gasteiger partial charge is 0.451 e. The van der Waals surface area contributed by atoms with Crippen LogP contribution in [0.25, 0.3) is 11.0 Å². The topological polar surface area (TPSA) is 56.9 Å². The van der Waals surface area contributed by atoms with Crippen molar-refractivity contribution in [2.45, 2.75) is 19.1 Å². The highest BCUT2D eigenvalue weighted by Crippen LogP contribution is 2.28. The Balaban J connectivity index is 2.02. The average molecular weight is 288 g/mol. The van der Waals surface area contributed by atoms with Crippen LogP contribution >= 0.6 is 0 Å². The summed E-state index contributed by atoms with van der Waals surface area (Å²) in [6, 6.07) is 7.71. The Bertz CT molecular complexity index is 663. The molecule has 1 aliphatic heterocycles. The number of hydrogen-bond donors (Lipinski definition) is 1. The minimum atomic E-state index is -0.421. The smallest absolute Gasteiger partial charge is 0.290 e. The standard InChI is InChI=1S/C16H20N2O3/c1-17(2)10-13-12-5-3-4-6-14(12)21-15(13)16(20)18-8-7-11(19)9-18/h3-6,11,19H,7-10H2,1-2H3/t11-/m0/s1. The van der Waals surface area contributed by atoms with Gasteiger partial charge in [-0.3, -0.25) is 4.79 Å². The fourth-order valence-electron chi connectivity index (χ4n) is 2.81. The van der Waals surface area contributed by atoms with Crippen LogP contribution in [0.3, 0.4) is 0 Å². The van der Waals surface area contributed by atoms with Gasteiger partial charge in [0.05, 0.1) is 6.10 Å². The van der Waals surface area contributed by atoms with Crippen molar-refractivity contribution in [3.63, 3.8) is 0 Å². The van der Waals surface area contributed by atoms with Gasteiger partial charge in [-0.05, 0) is 26.6 Å². The molecule has 5 nitrogen and oxygen atoms in total. The van der Waals surface area contributed by atoms with Gasteiger partial charge in [-0.2, -0.15) is 0 Å². The van der Waals surface area contributed by atoms with Crippen molar-refractivity contribution < 1.29 is 14.3 Å². The number of amides is 1. The van der Waals surface area contributed by atoms with Crippen molar-refractivity contribution in [1.29, 1.82) is 0 Å². The first-order valence-electron chi connectivity index (χ1n) is 7.18. The van der Waals surface area contributed by atoms with Crippen LogP contribution in [-0.2, 0) is 6.54 Å². The van der Waals surface area contributed by atoms with E-state index in [0.717, 1.165) is 16.5 Å². The Kier molecular flexibility index (Phi) is 3.69. The monoisotopic (exact) mass is 288 g/mol. The maximum absolute atomic E-state index is 12.7. The van der Waals surface area contributed by atoms with Gasteiger partial charge in [0, 0.05) is 30.6 Å². The quantitative estimate of drug-likeness (QED) is 0.934. The second-order valence-corrected chi connectivity index (χ2v) is 5.84. The molecule has 0 spiro atoms. The van der Waals surface area contributed by atoms with Crippen LogP contribution in [0.15, 0.2) is 28.7 Å². The molecule has 5 heteroatoms. The first-order valence-corrected chi connectivity index (χ1v) is 7.18. The molecule has 0 radical (unpaired) electrons. The number of para-hydroxylation sites is 1. The zero-order chi connectivity index (χ0) is 15.0. The predicted molar refractivity (Wildman–Crippen MR) is 80.1 cm³/mol. The number of hydrogen-bond acceptors (Lipinski definition) is 4. The van der Waals surface area contributed by atoms with Crippen LogP contribution in [0.2, 0.25) is 0 Å². The van der Waals surface area contributed by atoms with Crippen LogP contribution in [0, 0.1) is 0 Å². The molecule has 1 amide bonds. The lowest BCUT2D eigenvalue weighted by Gasteiger charge is -2.16. The lowest BCUT2D eigenvalue weighted by Crippen LogP contribution is -2.30. The summed E-state index contributed by atoms with van der Waals surface area (Å²) in [5.74, 6) is 0.276. The molecule has 0 unspecified atom stereocenters. The van der Waals surface area contributed by atoms with E-state index in [1.807, 2.05) is 43.3 Å². The number of benzene rings is 1. The highest BCUT2D eigenvalue weighted by molar-refractivity contribution is 5.99. The van der Waals surface area contributed by atoms with E-state index in [4.69, 9.17) is 4.42 Å². The molecule has 3 rings (SSSR count). The summed E-state index contributed by atoms with van der Waals surface area (Å²) in [6.45, 7) is 1.62. The minimum absolute atomic E-state index is 0.125. The third kappa shape index (κ3) is 2.66. The Morgan fingerprint density at radius 3 is 2.86 bits per heavy atom. The number of carbonyl (C=O) groups excluding carboxylic acids is 1. The second kappa shape index (κ2) is 5.50. The highest BCUT2D eigenvalue weighted by atomic mass is 16.3. The highest BCUT2D eigenvalue weighted by Gasteiger charge is 2.30. The average Bonchev–Trinajstić information content (AvgIpc) is 3.03. The number of aliphatic hydroxyl groups is 1. The molecule has 21 heavy (non-hydrogen) atoms. The lowest BCUT2D eigenvalue weighted by molar-refractivity contribution is 0.0733. The van der Waals surface area contributed by atoms with Crippen LogP contribution in [0.4, 0.5) is 0 Å². The number of aliphatic hydroxyl groups excluding tert-OH is 1. The number of β-amino-alcohol motifs (C(OH)–C–C–N with tert-alkyl or cyclic N) is 1. The SMILES string of the molecule is CN(C)Cc1c(C(=O)N2CC[C@H](O)C2)oc2ccccc12. The van der Waals surface area contributed by atoms with Crippen molar-refractivity contribution in [1.82, 2.24) is 9.80 Å². The van der Waals surface area contributed by atoms with E-state index in [1.165, 1.54) is 0 Å². The van der Waals surface area contributed by atoms with Gasteiger partial charge in [-0.1, -0.05) is 18.2 Å². The zero-order valence-electron chi connectivity index (χ0n) is 12.4. The molecule has 2 aromatic rings. The fourth-order valence-corrected chi connectivity index (χ4v) is 2.81. The fraction of sp³-hybridized carbons (Fsp3) is 0.438. The van der Waals surface area contributed by atoms with E-state index in [2.05, 4.69) is 0 Å². The normalized spacial score (nSPS) is 18.9. The van der Waals surface area contributed by atoms with E-state index in [1.54, 1.807) is 4.90 Å². The summed E-state index contributed by atoms with van der Waals surface area (Å²) in [5, 5.41) is 10.6. The van der Waals surface area contributed by atoms with Crippen molar-refractivity contribution in [2.75, 3.05) is 27.2 Å². The molecule has 0 aliphatic carbocycles. The number of fused-ring (bicyclic) bond motifs is 1. The second-order valence-electron chi connectivity index (χ2n) is 5.84. The first kappa shape index (κ1) is 14.1. The van der Waals surface area contributed by atoms with Gasteiger partial charge in [0.2, 0.25) is 0 Å². The summed E-state index contributed by atoms with van der Waals surface area (Å²) in [5.41, 5.74) is 1.65. The molecular weight excluding hydrogens is 268 g/mol. The summed E-state index contributed by atoms with van der Waals surface area (Å²) in [6.07, 6.45) is 0.213. The Labute approximate surface area is 123 Å². The van der Waals surface area contributed by atoms with Crippen molar-refractivity contribution in [3.8, 4) is 0 Å². The molecule has 1 N–H and O–H groups in total. The van der Waals surface area contributed by atoms with Gasteiger partial charge >= 0.3 is 0 Å².